The van der Waals surface area contributed by atoms with Crippen LogP contribution < -0.4 is 0 Å². The molecule has 1 aliphatic heterocycles. The molecule has 1 fully saturated rings. The van der Waals surface area contributed by atoms with Crippen molar-refractivity contribution in [1.82, 2.24) is 4.90 Å². The van der Waals surface area contributed by atoms with Crippen LogP contribution in [0.25, 0.3) is 0 Å². The SMILES string of the molecule is O=C1c2ccccc2C(=O)N1C1CC[CH]([Zn][I])CC1. The molecular weight excluding hydrogens is 406 g/mol. The molecule has 96 valence electrons. The minimum atomic E-state index is -0.374. The van der Waals surface area contributed by atoms with E-state index in [0.717, 1.165) is 17.4 Å². The Balaban J connectivity index is 1.81. The number of amides is 2. The van der Waals surface area contributed by atoms with E-state index >= 15 is 0 Å². The van der Waals surface area contributed by atoms with E-state index in [0.29, 0.717) is 11.1 Å². The molecule has 2 aliphatic rings. The first-order valence-corrected chi connectivity index (χ1v) is 17.5. The summed E-state index contributed by atoms with van der Waals surface area (Å²) < 4.78 is 0.944. The monoisotopic (exact) mass is 419 g/mol. The number of hydrogen-bond donors (Lipinski definition) is 0. The van der Waals surface area contributed by atoms with Gasteiger partial charge in [-0.3, -0.25) is 0 Å². The van der Waals surface area contributed by atoms with Crippen LogP contribution in [-0.4, -0.2) is 22.8 Å². The van der Waals surface area contributed by atoms with Crippen LogP contribution in [-0.2, 0) is 13.6 Å². The van der Waals surface area contributed by atoms with Crippen LogP contribution in [0.1, 0.15) is 46.4 Å². The van der Waals surface area contributed by atoms with E-state index in [-0.39, 0.29) is 31.5 Å². The zero-order valence-electron chi connectivity index (χ0n) is 10.6. The summed E-state index contributed by atoms with van der Waals surface area (Å²) in [7, 11) is 0. The van der Waals surface area contributed by atoms with E-state index in [9.17, 15) is 9.59 Å². The molecule has 3 rings (SSSR count). The van der Waals surface area contributed by atoms with Crippen molar-refractivity contribution in [2.45, 2.75) is 36.2 Å². The van der Waals surface area contributed by atoms with Gasteiger partial charge in [0, 0.05) is 0 Å². The first kappa shape index (κ1) is 13.7. The molecular formula is C14H14INO2Zn. The number of carbonyl (C=O) groups excluding carboxylic acids is 2. The molecule has 0 unspecified atom stereocenters. The summed E-state index contributed by atoms with van der Waals surface area (Å²) in [5.74, 6) is -0.167. The van der Waals surface area contributed by atoms with Gasteiger partial charge in [0.2, 0.25) is 0 Å². The topological polar surface area (TPSA) is 37.4 Å². The maximum atomic E-state index is 12.4. The Hall–Kier alpha value is -0.287. The van der Waals surface area contributed by atoms with Crippen molar-refractivity contribution in [2.75, 3.05) is 0 Å². The van der Waals surface area contributed by atoms with Gasteiger partial charge in [-0.25, -0.2) is 0 Å². The van der Waals surface area contributed by atoms with Gasteiger partial charge >= 0.3 is 131 Å². The summed E-state index contributed by atoms with van der Waals surface area (Å²) in [5, 5.41) is 0. The zero-order chi connectivity index (χ0) is 13.4. The van der Waals surface area contributed by atoms with Gasteiger partial charge < -0.3 is 0 Å². The molecule has 0 radical (unpaired) electrons. The van der Waals surface area contributed by atoms with Crippen LogP contribution in [0.3, 0.4) is 0 Å². The van der Waals surface area contributed by atoms with Gasteiger partial charge in [-0.15, -0.1) is 0 Å². The van der Waals surface area contributed by atoms with E-state index in [1.807, 2.05) is 12.1 Å². The van der Waals surface area contributed by atoms with Crippen LogP contribution in [0.15, 0.2) is 24.3 Å². The fourth-order valence-electron chi connectivity index (χ4n) is 3.10. The van der Waals surface area contributed by atoms with Gasteiger partial charge in [-0.05, 0) is 0 Å². The van der Waals surface area contributed by atoms with E-state index in [4.69, 9.17) is 0 Å². The Morgan fingerprint density at radius 2 is 1.53 bits per heavy atom. The molecule has 1 heterocycles. The van der Waals surface area contributed by atoms with Gasteiger partial charge in [-0.1, -0.05) is 0 Å². The fourth-order valence-corrected chi connectivity index (χ4v) is 9.31. The predicted molar refractivity (Wildman–Crippen MR) is 77.0 cm³/mol. The van der Waals surface area contributed by atoms with Crippen LogP contribution in [0.5, 0.6) is 0 Å². The molecule has 5 heteroatoms. The average molecular weight is 421 g/mol. The van der Waals surface area contributed by atoms with Crippen molar-refractivity contribution in [3.8, 4) is 0 Å². The molecule has 0 saturated heterocycles. The molecule has 1 saturated carbocycles. The second-order valence-electron chi connectivity index (χ2n) is 5.35. The predicted octanol–water partition coefficient (Wildman–Crippen LogP) is 3.45. The molecule has 0 N–H and O–H groups in total. The summed E-state index contributed by atoms with van der Waals surface area (Å²) in [6.45, 7) is 0. The van der Waals surface area contributed by atoms with Crippen molar-refractivity contribution in [3.05, 3.63) is 35.4 Å². The third-order valence-electron chi connectivity index (χ3n) is 4.23. The third-order valence-corrected chi connectivity index (χ3v) is 13.3. The quantitative estimate of drug-likeness (QED) is 0.418. The molecule has 0 bridgehead atoms. The number of nitrogens with zero attached hydrogens (tertiary/aromatic N) is 1. The maximum absolute atomic E-state index is 12.4. The Morgan fingerprint density at radius 3 is 2.00 bits per heavy atom. The van der Waals surface area contributed by atoms with Crippen molar-refractivity contribution >= 4 is 31.6 Å². The van der Waals surface area contributed by atoms with Crippen molar-refractivity contribution in [3.63, 3.8) is 0 Å². The van der Waals surface area contributed by atoms with Crippen molar-refractivity contribution in [1.29, 1.82) is 0 Å². The van der Waals surface area contributed by atoms with Crippen molar-refractivity contribution < 1.29 is 23.2 Å². The Kier molecular flexibility index (Phi) is 4.04. The van der Waals surface area contributed by atoms with E-state index < -0.39 is 0 Å². The molecule has 0 aromatic heterocycles. The summed E-state index contributed by atoms with van der Waals surface area (Å²) in [4.78, 5) is 26.3. The molecule has 0 spiro atoms. The Labute approximate surface area is 130 Å². The normalized spacial score (nSPS) is 26.3. The molecule has 19 heavy (non-hydrogen) atoms. The number of fused-ring (bicyclic) bond motifs is 1. The summed E-state index contributed by atoms with van der Waals surface area (Å²) >= 11 is 2.24. The first-order valence-electron chi connectivity index (χ1n) is 6.75. The molecule has 1 aliphatic carbocycles. The van der Waals surface area contributed by atoms with Crippen LogP contribution >= 0.6 is 19.8 Å². The number of hydrogen-bond acceptors (Lipinski definition) is 2. The van der Waals surface area contributed by atoms with Crippen LogP contribution in [0.4, 0.5) is 0 Å². The molecule has 3 nitrogen and oxygen atoms in total. The van der Waals surface area contributed by atoms with Gasteiger partial charge in [0.25, 0.3) is 0 Å². The van der Waals surface area contributed by atoms with E-state index in [1.54, 1.807) is 12.1 Å². The Bertz CT molecular complexity index is 491. The van der Waals surface area contributed by atoms with Gasteiger partial charge in [-0.2, -0.15) is 0 Å². The van der Waals surface area contributed by atoms with Gasteiger partial charge in [0.1, 0.15) is 0 Å². The second-order valence-corrected chi connectivity index (χ2v) is 13.0. The van der Waals surface area contributed by atoms with E-state index in [1.165, 1.54) is 17.7 Å². The summed E-state index contributed by atoms with van der Waals surface area (Å²) in [6, 6.07) is 7.32. The minimum absolute atomic E-state index is 0.0833. The van der Waals surface area contributed by atoms with Crippen LogP contribution in [0, 0.1) is 0 Å². The molecule has 1 aromatic rings. The fraction of sp³-hybridized carbons (Fsp3) is 0.429. The Morgan fingerprint density at radius 1 is 1.00 bits per heavy atom. The van der Waals surface area contributed by atoms with Crippen molar-refractivity contribution in [2.24, 2.45) is 0 Å². The standard InChI is InChI=1S/C14H14NO2.HI.Zn/c16-13-11-8-4-5-9-12(11)14(17)15(13)10-6-2-1-3-7-10;;/h1,4-5,8-10H,2-3,6-7H2;1H;/q;;+1/p-1. The molecule has 2 amide bonds. The number of carbonyl (C=O) groups is 2. The van der Waals surface area contributed by atoms with Crippen LogP contribution in [0.2, 0.25) is 4.51 Å². The summed E-state index contributed by atoms with van der Waals surface area (Å²) in [6.07, 6.45) is 4.43. The number of rotatable bonds is 2. The first-order chi connectivity index (χ1) is 9.22. The molecule has 0 atom stereocenters. The third kappa shape index (κ3) is 2.40. The number of benzene rings is 1. The number of imide groups is 1. The van der Waals surface area contributed by atoms with Gasteiger partial charge in [0.05, 0.1) is 0 Å². The zero-order valence-corrected chi connectivity index (χ0v) is 15.8. The van der Waals surface area contributed by atoms with E-state index in [2.05, 4.69) is 19.8 Å². The summed E-state index contributed by atoms with van der Waals surface area (Å²) in [5.41, 5.74) is 1.17. The second kappa shape index (κ2) is 5.60. The average Bonchev–Trinajstić information content (AvgIpc) is 2.72. The van der Waals surface area contributed by atoms with Gasteiger partial charge in [0.15, 0.2) is 0 Å². The molecule has 1 aromatic carbocycles. The number of halogens is 1.